The van der Waals surface area contributed by atoms with Crippen molar-refractivity contribution >= 4 is 6.03 Å². The molecule has 144 valence electrons. The molecule has 0 spiro atoms. The third kappa shape index (κ3) is 4.30. The average molecular weight is 368 g/mol. The molecular weight excluding hydrogens is 340 g/mol. The van der Waals surface area contributed by atoms with Crippen molar-refractivity contribution in [1.29, 1.82) is 0 Å². The number of hydrogen-bond acceptors (Lipinski definition) is 4. The lowest BCUT2D eigenvalue weighted by Gasteiger charge is -2.34. The minimum atomic E-state index is 0.0739. The molecular formula is C20H28N6O. The number of nitrogens with one attached hydrogen (secondary N) is 1. The van der Waals surface area contributed by atoms with Gasteiger partial charge in [0.25, 0.3) is 0 Å². The lowest BCUT2D eigenvalue weighted by Crippen LogP contribution is -2.41. The summed E-state index contributed by atoms with van der Waals surface area (Å²) in [7, 11) is 0. The molecule has 0 aliphatic carbocycles. The SMILES string of the molecule is Cc1cccc(CN2Cc3ccnn3[C@H](CCNC(=O)N3CCCC3)C2)n1. The molecule has 1 N–H and O–H groups in total. The van der Waals surface area contributed by atoms with Crippen LogP contribution in [0.5, 0.6) is 0 Å². The Balaban J connectivity index is 1.36. The molecule has 2 aliphatic heterocycles. The van der Waals surface area contributed by atoms with Gasteiger partial charge >= 0.3 is 6.03 Å². The molecule has 1 fully saturated rings. The predicted octanol–water partition coefficient (Wildman–Crippen LogP) is 2.34. The maximum Gasteiger partial charge on any atom is 0.317 e. The Kier molecular flexibility index (Phi) is 5.38. The number of carbonyl (C=O) groups is 1. The van der Waals surface area contributed by atoms with Gasteiger partial charge < -0.3 is 10.2 Å². The number of pyridine rings is 1. The van der Waals surface area contributed by atoms with Crippen LogP contribution in [0.4, 0.5) is 4.79 Å². The average Bonchev–Trinajstić information content (AvgIpc) is 3.33. The van der Waals surface area contributed by atoms with E-state index >= 15 is 0 Å². The molecule has 0 unspecified atom stereocenters. The molecule has 4 rings (SSSR count). The topological polar surface area (TPSA) is 66.3 Å². The van der Waals surface area contributed by atoms with E-state index in [4.69, 9.17) is 0 Å². The first-order valence-electron chi connectivity index (χ1n) is 9.89. The molecule has 0 aromatic carbocycles. The van der Waals surface area contributed by atoms with Crippen LogP contribution in [0.25, 0.3) is 0 Å². The smallest absolute Gasteiger partial charge is 0.317 e. The van der Waals surface area contributed by atoms with Crippen molar-refractivity contribution in [2.45, 2.75) is 45.3 Å². The van der Waals surface area contributed by atoms with Gasteiger partial charge in [-0.15, -0.1) is 0 Å². The monoisotopic (exact) mass is 368 g/mol. The molecule has 7 nitrogen and oxygen atoms in total. The van der Waals surface area contributed by atoms with E-state index in [-0.39, 0.29) is 12.1 Å². The van der Waals surface area contributed by atoms with Crippen molar-refractivity contribution in [1.82, 2.24) is 29.9 Å². The molecule has 27 heavy (non-hydrogen) atoms. The highest BCUT2D eigenvalue weighted by Gasteiger charge is 2.26. The Hall–Kier alpha value is -2.41. The highest BCUT2D eigenvalue weighted by atomic mass is 16.2. The lowest BCUT2D eigenvalue weighted by atomic mass is 10.1. The zero-order valence-electron chi connectivity index (χ0n) is 16.0. The Morgan fingerprint density at radius 3 is 2.93 bits per heavy atom. The summed E-state index contributed by atoms with van der Waals surface area (Å²) >= 11 is 0. The van der Waals surface area contributed by atoms with E-state index in [0.29, 0.717) is 6.54 Å². The number of urea groups is 1. The Morgan fingerprint density at radius 1 is 1.26 bits per heavy atom. The van der Waals surface area contributed by atoms with E-state index in [9.17, 15) is 4.79 Å². The first kappa shape index (κ1) is 18.0. The van der Waals surface area contributed by atoms with Crippen molar-refractivity contribution in [2.75, 3.05) is 26.2 Å². The number of aromatic nitrogens is 3. The van der Waals surface area contributed by atoms with Crippen LogP contribution in [-0.4, -0.2) is 56.8 Å². The summed E-state index contributed by atoms with van der Waals surface area (Å²) in [5.74, 6) is 0. The fourth-order valence-electron chi connectivity index (χ4n) is 4.09. The van der Waals surface area contributed by atoms with E-state index in [1.54, 1.807) is 0 Å². The molecule has 0 saturated carbocycles. The number of amides is 2. The van der Waals surface area contributed by atoms with Crippen LogP contribution in [0.2, 0.25) is 0 Å². The largest absolute Gasteiger partial charge is 0.338 e. The van der Waals surface area contributed by atoms with E-state index in [1.165, 1.54) is 5.69 Å². The van der Waals surface area contributed by atoms with Crippen molar-refractivity contribution in [2.24, 2.45) is 0 Å². The van der Waals surface area contributed by atoms with Crippen LogP contribution < -0.4 is 5.32 Å². The van der Waals surface area contributed by atoms with E-state index in [0.717, 1.165) is 63.4 Å². The second-order valence-electron chi connectivity index (χ2n) is 7.58. The van der Waals surface area contributed by atoms with Gasteiger partial charge in [0.05, 0.1) is 17.4 Å². The van der Waals surface area contributed by atoms with Crippen molar-refractivity contribution in [3.05, 3.63) is 47.5 Å². The maximum atomic E-state index is 12.2. The number of likely N-dealkylation sites (tertiary alicyclic amines) is 1. The van der Waals surface area contributed by atoms with Gasteiger partial charge in [0, 0.05) is 51.2 Å². The summed E-state index contributed by atoms with van der Waals surface area (Å²) in [6.45, 7) is 7.11. The van der Waals surface area contributed by atoms with Crippen molar-refractivity contribution < 1.29 is 4.79 Å². The summed E-state index contributed by atoms with van der Waals surface area (Å²) in [6.07, 6.45) is 4.99. The van der Waals surface area contributed by atoms with Crippen LogP contribution in [0.15, 0.2) is 30.5 Å². The molecule has 2 amide bonds. The van der Waals surface area contributed by atoms with Crippen LogP contribution in [0.1, 0.15) is 42.4 Å². The molecule has 1 saturated heterocycles. The Morgan fingerprint density at radius 2 is 2.11 bits per heavy atom. The van der Waals surface area contributed by atoms with Crippen LogP contribution in [-0.2, 0) is 13.1 Å². The molecule has 2 aliphatic rings. The first-order valence-corrected chi connectivity index (χ1v) is 9.89. The second kappa shape index (κ2) is 8.08. The zero-order chi connectivity index (χ0) is 18.6. The Bertz CT molecular complexity index is 782. The highest BCUT2D eigenvalue weighted by Crippen LogP contribution is 2.24. The molecule has 1 atom stereocenters. The quantitative estimate of drug-likeness (QED) is 0.880. The van der Waals surface area contributed by atoms with E-state index in [1.807, 2.05) is 24.1 Å². The highest BCUT2D eigenvalue weighted by molar-refractivity contribution is 5.74. The van der Waals surface area contributed by atoms with Crippen LogP contribution in [0.3, 0.4) is 0 Å². The molecule has 2 aromatic heterocycles. The summed E-state index contributed by atoms with van der Waals surface area (Å²) in [5, 5.41) is 7.60. The maximum absolute atomic E-state index is 12.2. The Labute approximate surface area is 160 Å². The molecule has 4 heterocycles. The van der Waals surface area contributed by atoms with Gasteiger partial charge in [-0.2, -0.15) is 5.10 Å². The molecule has 7 heteroatoms. The number of hydrogen-bond donors (Lipinski definition) is 1. The van der Waals surface area contributed by atoms with Gasteiger partial charge in [-0.25, -0.2) is 4.79 Å². The number of aryl methyl sites for hydroxylation is 1. The molecule has 0 radical (unpaired) electrons. The fourth-order valence-corrected chi connectivity index (χ4v) is 4.09. The van der Waals surface area contributed by atoms with Gasteiger partial charge in [0.2, 0.25) is 0 Å². The predicted molar refractivity (Wildman–Crippen MR) is 103 cm³/mol. The van der Waals surface area contributed by atoms with Crippen LogP contribution >= 0.6 is 0 Å². The summed E-state index contributed by atoms with van der Waals surface area (Å²) in [5.41, 5.74) is 3.38. The lowest BCUT2D eigenvalue weighted by molar-refractivity contribution is 0.158. The molecule has 0 bridgehead atoms. The van der Waals surface area contributed by atoms with Gasteiger partial charge in [-0.1, -0.05) is 6.07 Å². The van der Waals surface area contributed by atoms with E-state index < -0.39 is 0 Å². The van der Waals surface area contributed by atoms with Crippen molar-refractivity contribution in [3.8, 4) is 0 Å². The van der Waals surface area contributed by atoms with Gasteiger partial charge in [0.15, 0.2) is 0 Å². The number of nitrogens with zero attached hydrogens (tertiary/aromatic N) is 5. The molecule has 2 aromatic rings. The zero-order valence-corrected chi connectivity index (χ0v) is 16.0. The summed E-state index contributed by atoms with van der Waals surface area (Å²) < 4.78 is 2.13. The standard InChI is InChI=1S/C20H28N6O/c1-16-5-4-6-17(23-16)13-24-14-18(26-19(15-24)8-10-22-26)7-9-21-20(27)25-11-2-3-12-25/h4-6,8,10,18H,2-3,7,9,11-15H2,1H3,(H,21,27)/t18-/m1/s1. The fraction of sp³-hybridized carbons (Fsp3) is 0.550. The third-order valence-electron chi connectivity index (χ3n) is 5.43. The number of rotatable bonds is 5. The summed E-state index contributed by atoms with van der Waals surface area (Å²) in [6, 6.07) is 8.62. The number of carbonyl (C=O) groups excluding carboxylic acids is 1. The normalized spacial score (nSPS) is 19.9. The van der Waals surface area contributed by atoms with Crippen molar-refractivity contribution in [3.63, 3.8) is 0 Å². The summed E-state index contributed by atoms with van der Waals surface area (Å²) in [4.78, 5) is 21.2. The number of fused-ring (bicyclic) bond motifs is 1. The van der Waals surface area contributed by atoms with E-state index in [2.05, 4.69) is 43.2 Å². The third-order valence-corrected chi connectivity index (χ3v) is 5.43. The second-order valence-corrected chi connectivity index (χ2v) is 7.58. The van der Waals surface area contributed by atoms with Gasteiger partial charge in [-0.3, -0.25) is 14.6 Å². The van der Waals surface area contributed by atoms with Gasteiger partial charge in [-0.05, 0) is 44.4 Å². The van der Waals surface area contributed by atoms with Gasteiger partial charge in [0.1, 0.15) is 0 Å². The minimum absolute atomic E-state index is 0.0739. The first-order chi connectivity index (χ1) is 13.2. The minimum Gasteiger partial charge on any atom is -0.338 e. The van der Waals surface area contributed by atoms with Crippen LogP contribution in [0, 0.1) is 6.92 Å².